The number of nitrogens with one attached hydrogen (secondary N) is 1. The standard InChI is InChI=1S/C14H17BrN2OS.ClH/c15-11-2-1-10-3-5-17(13(10)7-11)14(18)8-12-9-19-6-4-16-12;/h1-2,7,12,16H,3-6,8-9H2;1H. The van der Waals surface area contributed by atoms with Crippen molar-refractivity contribution in [3.8, 4) is 0 Å². The molecular formula is C14H18BrClN2OS. The maximum atomic E-state index is 12.4. The van der Waals surface area contributed by atoms with Crippen molar-refractivity contribution in [2.45, 2.75) is 18.9 Å². The topological polar surface area (TPSA) is 32.3 Å². The van der Waals surface area contributed by atoms with E-state index in [2.05, 4.69) is 33.4 Å². The summed E-state index contributed by atoms with van der Waals surface area (Å²) in [7, 11) is 0. The molecule has 0 radical (unpaired) electrons. The van der Waals surface area contributed by atoms with Crippen LogP contribution in [0.5, 0.6) is 0 Å². The van der Waals surface area contributed by atoms with E-state index in [9.17, 15) is 4.79 Å². The molecule has 20 heavy (non-hydrogen) atoms. The normalized spacial score (nSPS) is 21.2. The van der Waals surface area contributed by atoms with Gasteiger partial charge in [-0.3, -0.25) is 4.79 Å². The number of hydrogen-bond donors (Lipinski definition) is 1. The first-order valence-corrected chi connectivity index (χ1v) is 8.59. The zero-order valence-electron chi connectivity index (χ0n) is 11.1. The molecule has 0 spiro atoms. The summed E-state index contributed by atoms with van der Waals surface area (Å²) < 4.78 is 1.04. The Morgan fingerprint density at radius 3 is 3.10 bits per heavy atom. The van der Waals surface area contributed by atoms with Crippen molar-refractivity contribution in [3.05, 3.63) is 28.2 Å². The fourth-order valence-corrected chi connectivity index (χ4v) is 3.98. The lowest BCUT2D eigenvalue weighted by Crippen LogP contribution is -2.42. The summed E-state index contributed by atoms with van der Waals surface area (Å²) in [5.74, 6) is 2.45. The second kappa shape index (κ2) is 7.16. The Bertz CT molecular complexity index is 494. The Morgan fingerprint density at radius 1 is 1.50 bits per heavy atom. The fraction of sp³-hybridized carbons (Fsp3) is 0.500. The second-order valence-electron chi connectivity index (χ2n) is 5.00. The molecule has 6 heteroatoms. The first-order valence-electron chi connectivity index (χ1n) is 6.64. The van der Waals surface area contributed by atoms with Gasteiger partial charge in [-0.1, -0.05) is 22.0 Å². The molecule has 1 saturated heterocycles. The van der Waals surface area contributed by atoms with Gasteiger partial charge in [0.1, 0.15) is 0 Å². The highest BCUT2D eigenvalue weighted by molar-refractivity contribution is 9.10. The molecule has 0 bridgehead atoms. The summed E-state index contributed by atoms with van der Waals surface area (Å²) in [5, 5.41) is 3.43. The minimum atomic E-state index is 0. The lowest BCUT2D eigenvalue weighted by atomic mass is 10.1. The van der Waals surface area contributed by atoms with E-state index in [-0.39, 0.29) is 18.3 Å². The predicted octanol–water partition coefficient (Wildman–Crippen LogP) is 2.86. The zero-order valence-corrected chi connectivity index (χ0v) is 14.3. The number of rotatable bonds is 2. The molecule has 1 unspecified atom stereocenters. The van der Waals surface area contributed by atoms with Crippen molar-refractivity contribution in [3.63, 3.8) is 0 Å². The molecule has 0 aromatic heterocycles. The number of nitrogens with zero attached hydrogens (tertiary/aromatic N) is 1. The van der Waals surface area contributed by atoms with Crippen molar-refractivity contribution in [2.75, 3.05) is 29.5 Å². The van der Waals surface area contributed by atoms with Gasteiger partial charge in [-0.2, -0.15) is 11.8 Å². The highest BCUT2D eigenvalue weighted by atomic mass is 79.9. The first kappa shape index (κ1) is 16.1. The molecule has 1 N–H and O–H groups in total. The van der Waals surface area contributed by atoms with Crippen molar-refractivity contribution in [2.24, 2.45) is 0 Å². The molecular weight excluding hydrogens is 360 g/mol. The number of carbonyl (C=O) groups excluding carboxylic acids is 1. The van der Waals surface area contributed by atoms with Gasteiger partial charge in [0.15, 0.2) is 0 Å². The quantitative estimate of drug-likeness (QED) is 0.860. The van der Waals surface area contributed by atoms with Crippen LogP contribution in [0.2, 0.25) is 0 Å². The van der Waals surface area contributed by atoms with Crippen LogP contribution < -0.4 is 10.2 Å². The third-order valence-electron chi connectivity index (χ3n) is 3.66. The summed E-state index contributed by atoms with van der Waals surface area (Å²) in [6.45, 7) is 1.84. The SMILES string of the molecule is Cl.O=C(CC1CSCCN1)N1CCc2ccc(Br)cc21. The number of amides is 1. The second-order valence-corrected chi connectivity index (χ2v) is 7.06. The molecule has 1 fully saturated rings. The molecule has 2 aliphatic rings. The van der Waals surface area contributed by atoms with Crippen LogP contribution in [0.15, 0.2) is 22.7 Å². The maximum absolute atomic E-state index is 12.4. The fourth-order valence-electron chi connectivity index (χ4n) is 2.68. The van der Waals surface area contributed by atoms with Gasteiger partial charge in [0, 0.05) is 47.2 Å². The highest BCUT2D eigenvalue weighted by Crippen LogP contribution is 2.31. The minimum Gasteiger partial charge on any atom is -0.312 e. The molecule has 1 amide bonds. The van der Waals surface area contributed by atoms with E-state index in [0.717, 1.165) is 41.2 Å². The molecule has 1 aromatic carbocycles. The van der Waals surface area contributed by atoms with Crippen LogP contribution in [0.3, 0.4) is 0 Å². The Labute approximate surface area is 138 Å². The molecule has 110 valence electrons. The summed E-state index contributed by atoms with van der Waals surface area (Å²) in [5.41, 5.74) is 2.37. The summed E-state index contributed by atoms with van der Waals surface area (Å²) in [6, 6.07) is 6.55. The Hall–Kier alpha value is -0.230. The van der Waals surface area contributed by atoms with Crippen molar-refractivity contribution < 1.29 is 4.79 Å². The van der Waals surface area contributed by atoms with Crippen LogP contribution in [0.4, 0.5) is 5.69 Å². The number of anilines is 1. The van der Waals surface area contributed by atoms with E-state index in [1.54, 1.807) is 0 Å². The van der Waals surface area contributed by atoms with Gasteiger partial charge >= 0.3 is 0 Å². The number of benzene rings is 1. The van der Waals surface area contributed by atoms with Gasteiger partial charge < -0.3 is 10.2 Å². The number of fused-ring (bicyclic) bond motifs is 1. The average Bonchev–Trinajstić information content (AvgIpc) is 2.82. The lowest BCUT2D eigenvalue weighted by molar-refractivity contribution is -0.118. The van der Waals surface area contributed by atoms with E-state index in [4.69, 9.17) is 0 Å². The lowest BCUT2D eigenvalue weighted by Gasteiger charge is -2.25. The third-order valence-corrected chi connectivity index (χ3v) is 5.29. The third kappa shape index (κ3) is 3.50. The van der Waals surface area contributed by atoms with E-state index in [0.29, 0.717) is 12.5 Å². The first-order chi connectivity index (χ1) is 9.24. The summed E-state index contributed by atoms with van der Waals surface area (Å²) in [6.07, 6.45) is 1.58. The van der Waals surface area contributed by atoms with Gasteiger partial charge in [0.2, 0.25) is 5.91 Å². The van der Waals surface area contributed by atoms with Gasteiger partial charge in [0.05, 0.1) is 0 Å². The van der Waals surface area contributed by atoms with Crippen LogP contribution in [0.1, 0.15) is 12.0 Å². The number of halogens is 2. The smallest absolute Gasteiger partial charge is 0.228 e. The summed E-state index contributed by atoms with van der Waals surface area (Å²) in [4.78, 5) is 14.4. The largest absolute Gasteiger partial charge is 0.312 e. The van der Waals surface area contributed by atoms with Crippen molar-refractivity contribution in [1.82, 2.24) is 5.32 Å². The maximum Gasteiger partial charge on any atom is 0.228 e. The average molecular weight is 378 g/mol. The Balaban J connectivity index is 0.00000147. The molecule has 2 heterocycles. The molecule has 2 aliphatic heterocycles. The van der Waals surface area contributed by atoms with Gasteiger partial charge in [-0.05, 0) is 24.1 Å². The zero-order chi connectivity index (χ0) is 13.2. The van der Waals surface area contributed by atoms with Crippen LogP contribution in [0.25, 0.3) is 0 Å². The van der Waals surface area contributed by atoms with Crippen LogP contribution in [-0.4, -0.2) is 36.5 Å². The summed E-state index contributed by atoms with van der Waals surface area (Å²) >= 11 is 5.42. The molecule has 0 saturated carbocycles. The van der Waals surface area contributed by atoms with Crippen molar-refractivity contribution in [1.29, 1.82) is 0 Å². The Morgan fingerprint density at radius 2 is 2.35 bits per heavy atom. The molecule has 0 aliphatic carbocycles. The predicted molar refractivity (Wildman–Crippen MR) is 91.2 cm³/mol. The van der Waals surface area contributed by atoms with E-state index in [1.165, 1.54) is 5.56 Å². The molecule has 3 nitrogen and oxygen atoms in total. The molecule has 3 rings (SSSR count). The van der Waals surface area contributed by atoms with E-state index in [1.807, 2.05) is 22.7 Å². The molecule has 1 aromatic rings. The Kier molecular flexibility index (Phi) is 5.78. The van der Waals surface area contributed by atoms with Crippen LogP contribution in [-0.2, 0) is 11.2 Å². The number of thioether (sulfide) groups is 1. The van der Waals surface area contributed by atoms with Crippen molar-refractivity contribution >= 4 is 51.7 Å². The van der Waals surface area contributed by atoms with Crippen LogP contribution in [0, 0.1) is 0 Å². The minimum absolute atomic E-state index is 0. The van der Waals surface area contributed by atoms with Gasteiger partial charge in [-0.15, -0.1) is 12.4 Å². The van der Waals surface area contributed by atoms with E-state index >= 15 is 0 Å². The van der Waals surface area contributed by atoms with Gasteiger partial charge in [-0.25, -0.2) is 0 Å². The highest BCUT2D eigenvalue weighted by Gasteiger charge is 2.27. The van der Waals surface area contributed by atoms with E-state index < -0.39 is 0 Å². The van der Waals surface area contributed by atoms with Gasteiger partial charge in [0.25, 0.3) is 0 Å². The monoisotopic (exact) mass is 376 g/mol. The number of carbonyl (C=O) groups is 1. The number of hydrogen-bond acceptors (Lipinski definition) is 3. The van der Waals surface area contributed by atoms with Crippen LogP contribution >= 0.6 is 40.1 Å². The molecule has 1 atom stereocenters.